The first-order valence-corrected chi connectivity index (χ1v) is 11.2. The van der Waals surface area contributed by atoms with Crippen molar-refractivity contribution in [1.29, 1.82) is 0 Å². The van der Waals surface area contributed by atoms with Crippen molar-refractivity contribution in [3.63, 3.8) is 0 Å². The van der Waals surface area contributed by atoms with E-state index in [1.54, 1.807) is 17.0 Å². The smallest absolute Gasteiger partial charge is 0.305 e. The number of hydrogen-bond donors (Lipinski definition) is 1. The number of fused-ring (bicyclic) bond motifs is 1. The summed E-state index contributed by atoms with van der Waals surface area (Å²) >= 11 is 14.2. The van der Waals surface area contributed by atoms with Gasteiger partial charge in [-0.15, -0.1) is 11.8 Å². The van der Waals surface area contributed by atoms with E-state index >= 15 is 0 Å². The van der Waals surface area contributed by atoms with Crippen LogP contribution >= 0.6 is 35.0 Å². The molecule has 2 aromatic rings. The van der Waals surface area contributed by atoms with Gasteiger partial charge < -0.3 is 14.7 Å². The van der Waals surface area contributed by atoms with Crippen molar-refractivity contribution in [3.8, 4) is 5.75 Å². The zero-order chi connectivity index (χ0) is 22.0. The highest BCUT2D eigenvalue weighted by Crippen LogP contribution is 2.50. The number of methoxy groups -OCH3 is 1. The standard InChI is InChI=1S/C22H23Cl2NO4S/c1-12(2)11-25-16-8-7-13(23)9-15(16)21(30-18(22(25)28)10-19(26)27)14-5-4-6-17(29-3)20(14)24/h4-9,12,18,21H,10-11H2,1-3H3,(H,26,27). The lowest BCUT2D eigenvalue weighted by atomic mass is 10.0. The number of hydrogen-bond acceptors (Lipinski definition) is 4. The van der Waals surface area contributed by atoms with Crippen LogP contribution in [0.4, 0.5) is 5.69 Å². The number of amides is 1. The number of ether oxygens (including phenoxy) is 1. The van der Waals surface area contributed by atoms with E-state index in [2.05, 4.69) is 0 Å². The van der Waals surface area contributed by atoms with E-state index in [9.17, 15) is 14.7 Å². The molecule has 0 bridgehead atoms. The summed E-state index contributed by atoms with van der Waals surface area (Å²) in [5.41, 5.74) is 2.30. The van der Waals surface area contributed by atoms with Gasteiger partial charge in [0.15, 0.2) is 0 Å². The van der Waals surface area contributed by atoms with Crippen LogP contribution in [0, 0.1) is 5.92 Å². The predicted molar refractivity (Wildman–Crippen MR) is 122 cm³/mol. The maximum Gasteiger partial charge on any atom is 0.305 e. The summed E-state index contributed by atoms with van der Waals surface area (Å²) in [6.45, 7) is 4.51. The average molecular weight is 468 g/mol. The van der Waals surface area contributed by atoms with Crippen molar-refractivity contribution in [2.24, 2.45) is 5.92 Å². The molecule has 0 aliphatic carbocycles. The molecule has 0 saturated heterocycles. The highest BCUT2D eigenvalue weighted by Gasteiger charge is 2.38. The lowest BCUT2D eigenvalue weighted by Crippen LogP contribution is -2.40. The van der Waals surface area contributed by atoms with Crippen LogP contribution in [0.2, 0.25) is 10.0 Å². The van der Waals surface area contributed by atoms with Gasteiger partial charge in [-0.1, -0.05) is 49.2 Å². The van der Waals surface area contributed by atoms with Crippen molar-refractivity contribution >= 4 is 52.5 Å². The molecule has 0 saturated carbocycles. The zero-order valence-corrected chi connectivity index (χ0v) is 19.2. The number of carbonyl (C=O) groups excluding carboxylic acids is 1. The molecule has 0 fully saturated rings. The molecule has 1 heterocycles. The Balaban J connectivity index is 2.23. The Hall–Kier alpha value is -1.89. The molecule has 3 rings (SSSR count). The minimum atomic E-state index is -1.02. The fourth-order valence-electron chi connectivity index (χ4n) is 3.55. The summed E-state index contributed by atoms with van der Waals surface area (Å²) in [5.74, 6) is -0.529. The van der Waals surface area contributed by atoms with Gasteiger partial charge in [-0.05, 0) is 41.3 Å². The summed E-state index contributed by atoms with van der Waals surface area (Å²) in [4.78, 5) is 26.6. The second kappa shape index (κ2) is 9.50. The van der Waals surface area contributed by atoms with Crippen molar-refractivity contribution in [2.75, 3.05) is 18.6 Å². The predicted octanol–water partition coefficient (Wildman–Crippen LogP) is 5.67. The molecule has 5 nitrogen and oxygen atoms in total. The Morgan fingerprint density at radius 2 is 1.97 bits per heavy atom. The fourth-order valence-corrected chi connectivity index (χ4v) is 5.59. The van der Waals surface area contributed by atoms with Crippen LogP contribution in [0.5, 0.6) is 5.75 Å². The van der Waals surface area contributed by atoms with E-state index in [1.165, 1.54) is 18.9 Å². The van der Waals surface area contributed by atoms with Gasteiger partial charge in [0.2, 0.25) is 5.91 Å². The van der Waals surface area contributed by atoms with Gasteiger partial charge in [-0.2, -0.15) is 0 Å². The van der Waals surface area contributed by atoms with Crippen LogP contribution in [0.1, 0.15) is 36.6 Å². The molecule has 0 radical (unpaired) electrons. The minimum absolute atomic E-state index is 0.199. The average Bonchev–Trinajstić information content (AvgIpc) is 2.78. The lowest BCUT2D eigenvalue weighted by molar-refractivity contribution is -0.138. The molecule has 1 aliphatic rings. The van der Waals surface area contributed by atoms with Gasteiger partial charge in [0.25, 0.3) is 0 Å². The first-order valence-electron chi connectivity index (χ1n) is 9.53. The molecule has 160 valence electrons. The first-order chi connectivity index (χ1) is 14.2. The fraction of sp³-hybridized carbons (Fsp3) is 0.364. The topological polar surface area (TPSA) is 66.8 Å². The van der Waals surface area contributed by atoms with Gasteiger partial charge in [-0.25, -0.2) is 0 Å². The monoisotopic (exact) mass is 467 g/mol. The van der Waals surface area contributed by atoms with E-state index in [0.717, 1.165) is 16.8 Å². The summed E-state index contributed by atoms with van der Waals surface area (Å²) in [6, 6.07) is 10.9. The number of halogens is 2. The largest absolute Gasteiger partial charge is 0.495 e. The van der Waals surface area contributed by atoms with Crippen molar-refractivity contribution in [2.45, 2.75) is 30.8 Å². The Morgan fingerprint density at radius 1 is 1.23 bits per heavy atom. The molecule has 1 aliphatic heterocycles. The summed E-state index contributed by atoms with van der Waals surface area (Å²) in [5, 5.41) is 9.27. The number of anilines is 1. The van der Waals surface area contributed by atoms with E-state index in [4.69, 9.17) is 27.9 Å². The number of aliphatic carboxylic acids is 1. The van der Waals surface area contributed by atoms with E-state index in [0.29, 0.717) is 22.3 Å². The third-order valence-corrected chi connectivity index (χ3v) is 6.92. The van der Waals surface area contributed by atoms with Crippen molar-refractivity contribution in [3.05, 3.63) is 57.6 Å². The molecule has 2 unspecified atom stereocenters. The Kier molecular flexibility index (Phi) is 7.22. The van der Waals surface area contributed by atoms with Crippen LogP contribution in [0.15, 0.2) is 36.4 Å². The molecular weight excluding hydrogens is 445 g/mol. The zero-order valence-electron chi connectivity index (χ0n) is 16.9. The van der Waals surface area contributed by atoms with Crippen LogP contribution in [0.25, 0.3) is 0 Å². The lowest BCUT2D eigenvalue weighted by Gasteiger charge is -2.27. The van der Waals surface area contributed by atoms with Crippen LogP contribution in [0.3, 0.4) is 0 Å². The molecule has 2 aromatic carbocycles. The highest BCUT2D eigenvalue weighted by atomic mass is 35.5. The maximum absolute atomic E-state index is 13.4. The molecule has 2 atom stereocenters. The Bertz CT molecular complexity index is 966. The molecule has 0 aromatic heterocycles. The molecular formula is C22H23Cl2NO4S. The minimum Gasteiger partial charge on any atom is -0.495 e. The number of carbonyl (C=O) groups is 2. The second-order valence-electron chi connectivity index (χ2n) is 7.51. The molecule has 0 spiro atoms. The van der Waals surface area contributed by atoms with Gasteiger partial charge in [0.05, 0.1) is 29.1 Å². The van der Waals surface area contributed by atoms with Gasteiger partial charge in [-0.3, -0.25) is 9.59 Å². The highest BCUT2D eigenvalue weighted by molar-refractivity contribution is 8.01. The van der Waals surface area contributed by atoms with Crippen LogP contribution in [-0.4, -0.2) is 35.9 Å². The van der Waals surface area contributed by atoms with E-state index < -0.39 is 11.2 Å². The molecule has 30 heavy (non-hydrogen) atoms. The third-order valence-electron chi connectivity index (χ3n) is 4.81. The van der Waals surface area contributed by atoms with Gasteiger partial charge in [0, 0.05) is 17.3 Å². The Labute approximate surface area is 190 Å². The molecule has 8 heteroatoms. The molecule has 1 N–H and O–H groups in total. The van der Waals surface area contributed by atoms with Crippen molar-refractivity contribution in [1.82, 2.24) is 0 Å². The SMILES string of the molecule is COc1cccc(C2SC(CC(=O)O)C(=O)N(CC(C)C)c3ccc(Cl)cc32)c1Cl. The summed E-state index contributed by atoms with van der Waals surface area (Å²) in [6.07, 6.45) is -0.280. The first kappa shape index (κ1) is 22.8. The number of carboxylic acids is 1. The summed E-state index contributed by atoms with van der Waals surface area (Å²) < 4.78 is 5.37. The number of rotatable bonds is 6. The van der Waals surface area contributed by atoms with Gasteiger partial charge in [0.1, 0.15) is 5.75 Å². The van der Waals surface area contributed by atoms with Crippen molar-refractivity contribution < 1.29 is 19.4 Å². The Morgan fingerprint density at radius 3 is 2.60 bits per heavy atom. The van der Waals surface area contributed by atoms with Gasteiger partial charge >= 0.3 is 5.97 Å². The number of benzene rings is 2. The number of thioether (sulfide) groups is 1. The van der Waals surface area contributed by atoms with Crippen LogP contribution < -0.4 is 9.64 Å². The number of carboxylic acid groups (broad SMARTS) is 1. The third kappa shape index (κ3) is 4.71. The number of nitrogens with zero attached hydrogens (tertiary/aromatic N) is 1. The molecule has 1 amide bonds. The maximum atomic E-state index is 13.4. The summed E-state index contributed by atoms with van der Waals surface area (Å²) in [7, 11) is 1.54. The normalized spacial score (nSPS) is 18.9. The van der Waals surface area contributed by atoms with E-state index in [-0.39, 0.29) is 23.5 Å². The quantitative estimate of drug-likeness (QED) is 0.592. The van der Waals surface area contributed by atoms with Crippen LogP contribution in [-0.2, 0) is 9.59 Å². The van der Waals surface area contributed by atoms with E-state index in [1.807, 2.05) is 38.1 Å². The second-order valence-corrected chi connectivity index (χ2v) is 9.64.